The molecule has 2 aromatic rings. The van der Waals surface area contributed by atoms with Crippen molar-refractivity contribution in [2.24, 2.45) is 0 Å². The molecule has 3 heteroatoms. The fourth-order valence-corrected chi connectivity index (χ4v) is 3.47. The summed E-state index contributed by atoms with van der Waals surface area (Å²) in [5.74, 6) is 0. The van der Waals surface area contributed by atoms with Crippen molar-refractivity contribution < 1.29 is 4.74 Å². The number of ether oxygens (including phenoxy) is 1. The van der Waals surface area contributed by atoms with Crippen LogP contribution in [0.2, 0.25) is 0 Å². The van der Waals surface area contributed by atoms with Crippen molar-refractivity contribution in [1.82, 2.24) is 5.32 Å². The van der Waals surface area contributed by atoms with Crippen molar-refractivity contribution in [3.8, 4) is 0 Å². The van der Waals surface area contributed by atoms with Crippen molar-refractivity contribution in [2.45, 2.75) is 26.2 Å². The summed E-state index contributed by atoms with van der Waals surface area (Å²) in [5, 5.41) is 3.41. The molecule has 0 saturated heterocycles. The normalized spacial score (nSPS) is 15.7. The summed E-state index contributed by atoms with van der Waals surface area (Å²) < 4.78 is 5.48. The Labute approximate surface area is 112 Å². The maximum absolute atomic E-state index is 5.48. The molecule has 2 heterocycles. The summed E-state index contributed by atoms with van der Waals surface area (Å²) in [5.41, 5.74) is 3.99. The van der Waals surface area contributed by atoms with Crippen LogP contribution in [0, 0.1) is 6.92 Å². The summed E-state index contributed by atoms with van der Waals surface area (Å²) in [6.07, 6.45) is 0. The topological polar surface area (TPSA) is 21.3 Å². The van der Waals surface area contributed by atoms with Gasteiger partial charge >= 0.3 is 0 Å². The lowest BCUT2D eigenvalue weighted by Crippen LogP contribution is -2.16. The number of benzene rings is 1. The molecule has 3 rings (SSSR count). The van der Waals surface area contributed by atoms with Gasteiger partial charge in [0.2, 0.25) is 0 Å². The van der Waals surface area contributed by atoms with E-state index >= 15 is 0 Å². The third-order valence-corrected chi connectivity index (χ3v) is 4.48. The molecule has 1 atom stereocenters. The first-order valence-electron chi connectivity index (χ1n) is 6.21. The van der Waals surface area contributed by atoms with Gasteiger partial charge in [0.15, 0.2) is 0 Å². The van der Waals surface area contributed by atoms with Crippen molar-refractivity contribution in [1.29, 1.82) is 0 Å². The van der Waals surface area contributed by atoms with E-state index in [4.69, 9.17) is 4.74 Å². The highest BCUT2D eigenvalue weighted by atomic mass is 32.1. The second-order valence-corrected chi connectivity index (χ2v) is 6.01. The van der Waals surface area contributed by atoms with Crippen LogP contribution in [0.3, 0.4) is 0 Å². The zero-order chi connectivity index (χ0) is 12.5. The Morgan fingerprint density at radius 1 is 1.17 bits per heavy atom. The van der Waals surface area contributed by atoms with Crippen LogP contribution in [0.5, 0.6) is 0 Å². The lowest BCUT2D eigenvalue weighted by molar-refractivity contribution is 0.134. The first-order chi connectivity index (χ1) is 8.78. The van der Waals surface area contributed by atoms with Crippen LogP contribution < -0.4 is 5.32 Å². The molecule has 1 aromatic heterocycles. The van der Waals surface area contributed by atoms with E-state index in [0.717, 1.165) is 13.2 Å². The highest BCUT2D eigenvalue weighted by Gasteiger charge is 2.17. The van der Waals surface area contributed by atoms with Crippen LogP contribution in [-0.4, -0.2) is 7.05 Å². The van der Waals surface area contributed by atoms with E-state index in [2.05, 4.69) is 42.6 Å². The monoisotopic (exact) mass is 259 g/mol. The molecule has 0 aliphatic carbocycles. The number of fused-ring (bicyclic) bond motifs is 1. The number of nitrogens with one attached hydrogen (secondary N) is 1. The van der Waals surface area contributed by atoms with Crippen LogP contribution >= 0.6 is 11.3 Å². The minimum absolute atomic E-state index is 0.287. The molecule has 1 N–H and O–H groups in total. The second-order valence-electron chi connectivity index (χ2n) is 4.69. The van der Waals surface area contributed by atoms with Gasteiger partial charge in [-0.05, 0) is 42.8 Å². The van der Waals surface area contributed by atoms with Gasteiger partial charge in [-0.3, -0.25) is 0 Å². The smallest absolute Gasteiger partial charge is 0.0725 e. The highest BCUT2D eigenvalue weighted by Crippen LogP contribution is 2.30. The molecule has 0 spiro atoms. The lowest BCUT2D eigenvalue weighted by atomic mass is 10.0. The fourth-order valence-electron chi connectivity index (χ4n) is 2.45. The second kappa shape index (κ2) is 4.84. The van der Waals surface area contributed by atoms with Crippen LogP contribution in [0.25, 0.3) is 0 Å². The predicted molar refractivity (Wildman–Crippen MR) is 74.9 cm³/mol. The van der Waals surface area contributed by atoms with Crippen molar-refractivity contribution in [3.63, 3.8) is 0 Å². The van der Waals surface area contributed by atoms with E-state index in [1.54, 1.807) is 0 Å². The quantitative estimate of drug-likeness (QED) is 0.912. The molecule has 1 unspecified atom stereocenters. The minimum atomic E-state index is 0.287. The van der Waals surface area contributed by atoms with Gasteiger partial charge in [0, 0.05) is 9.75 Å². The third-order valence-electron chi connectivity index (χ3n) is 3.41. The molecular weight excluding hydrogens is 242 g/mol. The molecule has 0 saturated carbocycles. The molecule has 0 fully saturated rings. The summed E-state index contributed by atoms with van der Waals surface area (Å²) in [4.78, 5) is 2.73. The molecule has 1 aliphatic rings. The van der Waals surface area contributed by atoms with Crippen LogP contribution in [0.15, 0.2) is 30.3 Å². The molecule has 0 bridgehead atoms. The summed E-state index contributed by atoms with van der Waals surface area (Å²) in [7, 11) is 2.02. The molecule has 0 radical (unpaired) electrons. The van der Waals surface area contributed by atoms with Crippen molar-refractivity contribution in [3.05, 3.63) is 56.8 Å². The van der Waals surface area contributed by atoms with Gasteiger partial charge in [0.25, 0.3) is 0 Å². The Morgan fingerprint density at radius 3 is 2.72 bits per heavy atom. The van der Waals surface area contributed by atoms with Gasteiger partial charge in [-0.15, -0.1) is 11.3 Å². The standard InChI is InChI=1S/C15H17NOS/c1-10-3-6-14(18-10)15(16-2)11-4-5-12-8-17-9-13(12)7-11/h3-7,15-16H,8-9H2,1-2H3. The Balaban J connectivity index is 1.96. The van der Waals surface area contributed by atoms with E-state index in [1.165, 1.54) is 26.4 Å². The van der Waals surface area contributed by atoms with E-state index in [1.807, 2.05) is 18.4 Å². The SMILES string of the molecule is CNC(c1ccc2c(c1)COC2)c1ccc(C)s1. The zero-order valence-electron chi connectivity index (χ0n) is 10.7. The molecule has 2 nitrogen and oxygen atoms in total. The fraction of sp³-hybridized carbons (Fsp3) is 0.333. The van der Waals surface area contributed by atoms with Crippen molar-refractivity contribution in [2.75, 3.05) is 7.05 Å². The van der Waals surface area contributed by atoms with Crippen LogP contribution in [0.4, 0.5) is 0 Å². The maximum Gasteiger partial charge on any atom is 0.0725 e. The predicted octanol–water partition coefficient (Wildman–Crippen LogP) is 3.40. The van der Waals surface area contributed by atoms with E-state index in [9.17, 15) is 0 Å². The number of rotatable bonds is 3. The molecule has 18 heavy (non-hydrogen) atoms. The zero-order valence-corrected chi connectivity index (χ0v) is 11.5. The van der Waals surface area contributed by atoms with Gasteiger partial charge in [-0.25, -0.2) is 0 Å². The van der Waals surface area contributed by atoms with Crippen LogP contribution in [0.1, 0.15) is 32.5 Å². The highest BCUT2D eigenvalue weighted by molar-refractivity contribution is 7.12. The van der Waals surface area contributed by atoms with Gasteiger partial charge in [0.05, 0.1) is 19.3 Å². The van der Waals surface area contributed by atoms with Gasteiger partial charge in [-0.2, -0.15) is 0 Å². The lowest BCUT2D eigenvalue weighted by Gasteiger charge is -2.16. The molecule has 0 amide bonds. The van der Waals surface area contributed by atoms with E-state index in [-0.39, 0.29) is 6.04 Å². The molecule has 94 valence electrons. The minimum Gasteiger partial charge on any atom is -0.372 e. The maximum atomic E-state index is 5.48. The van der Waals surface area contributed by atoms with Gasteiger partial charge in [-0.1, -0.05) is 18.2 Å². The molecular formula is C15H17NOS. The van der Waals surface area contributed by atoms with Gasteiger partial charge < -0.3 is 10.1 Å². The Morgan fingerprint density at radius 2 is 2.00 bits per heavy atom. The number of aryl methyl sites for hydroxylation is 1. The average molecular weight is 259 g/mol. The Kier molecular flexibility index (Phi) is 3.20. The number of hydrogen-bond acceptors (Lipinski definition) is 3. The number of thiophene rings is 1. The average Bonchev–Trinajstić information content (AvgIpc) is 2.99. The third kappa shape index (κ3) is 2.09. The van der Waals surface area contributed by atoms with Crippen LogP contribution in [-0.2, 0) is 18.0 Å². The Hall–Kier alpha value is -1.16. The van der Waals surface area contributed by atoms with E-state index < -0.39 is 0 Å². The van der Waals surface area contributed by atoms with E-state index in [0.29, 0.717) is 0 Å². The van der Waals surface area contributed by atoms with Crippen molar-refractivity contribution >= 4 is 11.3 Å². The first-order valence-corrected chi connectivity index (χ1v) is 7.02. The first kappa shape index (κ1) is 11.9. The summed E-state index contributed by atoms with van der Waals surface area (Å²) in [6, 6.07) is 11.4. The largest absolute Gasteiger partial charge is 0.372 e. The van der Waals surface area contributed by atoms with Gasteiger partial charge in [0.1, 0.15) is 0 Å². The summed E-state index contributed by atoms with van der Waals surface area (Å²) in [6.45, 7) is 3.67. The molecule has 1 aliphatic heterocycles. The summed E-state index contributed by atoms with van der Waals surface area (Å²) >= 11 is 1.85. The Bertz CT molecular complexity index is 561. The number of hydrogen-bond donors (Lipinski definition) is 1. The molecule has 1 aromatic carbocycles.